The average Bonchev–Trinajstić information content (AvgIpc) is 3.62. The van der Waals surface area contributed by atoms with Crippen molar-refractivity contribution >= 4 is 28.9 Å². The van der Waals surface area contributed by atoms with E-state index < -0.39 is 0 Å². The van der Waals surface area contributed by atoms with Gasteiger partial charge in [0.25, 0.3) is 0 Å². The number of nitrogens with zero attached hydrogens (tertiary/aromatic N) is 4. The van der Waals surface area contributed by atoms with Crippen molar-refractivity contribution in [3.63, 3.8) is 0 Å². The fourth-order valence-corrected chi connectivity index (χ4v) is 5.32. The van der Waals surface area contributed by atoms with Crippen molar-refractivity contribution in [1.29, 1.82) is 0 Å². The van der Waals surface area contributed by atoms with Crippen LogP contribution in [0.3, 0.4) is 0 Å². The molecular weight excluding hydrogens is 546 g/mol. The van der Waals surface area contributed by atoms with E-state index in [0.29, 0.717) is 25.0 Å². The molecule has 0 saturated carbocycles. The first-order valence-corrected chi connectivity index (χ1v) is 14.9. The van der Waals surface area contributed by atoms with E-state index in [0.717, 1.165) is 44.9 Å². The van der Waals surface area contributed by atoms with Crippen molar-refractivity contribution in [2.75, 3.05) is 18.3 Å². The molecular formula is C37H35N5O2. The zero-order valence-corrected chi connectivity index (χ0v) is 25.4. The van der Waals surface area contributed by atoms with Gasteiger partial charge in [0.05, 0.1) is 28.2 Å². The quantitative estimate of drug-likeness (QED) is 0.261. The monoisotopic (exact) mass is 581 g/mol. The molecule has 0 unspecified atom stereocenters. The molecule has 4 aromatic rings. The number of aliphatic imine (C=N–C) groups is 2. The number of ether oxygens (including phenoxy) is 2. The first-order valence-electron chi connectivity index (χ1n) is 14.9. The molecule has 0 amide bonds. The summed E-state index contributed by atoms with van der Waals surface area (Å²) in [5, 5.41) is 6.83. The molecule has 0 aromatic heterocycles. The number of rotatable bonds is 6. The molecule has 7 heteroatoms. The molecule has 3 aliphatic heterocycles. The topological polar surface area (TPSA) is 70.8 Å². The van der Waals surface area contributed by atoms with Gasteiger partial charge < -0.3 is 9.47 Å². The SMILES string of the molecule is CC1(C)COC(c2ccc(C3=CC(c4ccc(-c5ccccc5)cc4)=NN(c4ccc(C5=NC(C)(C)CO5)cc4)N3)cc2)=N1. The van der Waals surface area contributed by atoms with Gasteiger partial charge in [0.15, 0.2) is 0 Å². The first-order chi connectivity index (χ1) is 21.2. The maximum Gasteiger partial charge on any atom is 0.216 e. The van der Waals surface area contributed by atoms with Crippen LogP contribution in [0.4, 0.5) is 5.69 Å². The molecule has 7 rings (SSSR count). The number of hydrogen-bond donors (Lipinski definition) is 1. The lowest BCUT2D eigenvalue weighted by Gasteiger charge is -2.28. The van der Waals surface area contributed by atoms with E-state index in [1.54, 1.807) is 0 Å². The molecule has 220 valence electrons. The van der Waals surface area contributed by atoms with Crippen LogP contribution in [0.15, 0.2) is 124 Å². The van der Waals surface area contributed by atoms with Crippen LogP contribution in [0, 0.1) is 0 Å². The summed E-state index contributed by atoms with van der Waals surface area (Å²) in [5.41, 5.74) is 12.1. The van der Waals surface area contributed by atoms with Crippen LogP contribution in [0.2, 0.25) is 0 Å². The Morgan fingerprint density at radius 1 is 0.568 bits per heavy atom. The highest BCUT2D eigenvalue weighted by Crippen LogP contribution is 2.28. The summed E-state index contributed by atoms with van der Waals surface area (Å²) in [4.78, 5) is 9.45. The minimum absolute atomic E-state index is 0.203. The molecule has 0 bridgehead atoms. The van der Waals surface area contributed by atoms with Crippen LogP contribution in [-0.4, -0.2) is 41.8 Å². The minimum atomic E-state index is -0.209. The third-order valence-corrected chi connectivity index (χ3v) is 7.74. The second-order valence-corrected chi connectivity index (χ2v) is 12.6. The molecule has 7 nitrogen and oxygen atoms in total. The van der Waals surface area contributed by atoms with E-state index in [2.05, 4.69) is 112 Å². The van der Waals surface area contributed by atoms with E-state index in [1.165, 1.54) is 5.56 Å². The predicted molar refractivity (Wildman–Crippen MR) is 178 cm³/mol. The molecule has 0 radical (unpaired) electrons. The molecule has 0 fully saturated rings. The van der Waals surface area contributed by atoms with Gasteiger partial charge in [-0.1, -0.05) is 66.7 Å². The number of nitrogens with one attached hydrogen (secondary N) is 1. The maximum absolute atomic E-state index is 5.86. The van der Waals surface area contributed by atoms with Gasteiger partial charge in [-0.15, -0.1) is 0 Å². The average molecular weight is 582 g/mol. The van der Waals surface area contributed by atoms with Gasteiger partial charge in [-0.05, 0) is 86.9 Å². The molecule has 0 aliphatic carbocycles. The summed E-state index contributed by atoms with van der Waals surface area (Å²) in [6.07, 6.45) is 2.09. The largest absolute Gasteiger partial charge is 0.475 e. The summed E-state index contributed by atoms with van der Waals surface area (Å²) < 4.78 is 11.7. The van der Waals surface area contributed by atoms with Crippen LogP contribution >= 0.6 is 0 Å². The highest BCUT2D eigenvalue weighted by molar-refractivity contribution is 6.13. The van der Waals surface area contributed by atoms with Crippen molar-refractivity contribution in [3.8, 4) is 11.1 Å². The standard InChI is InChI=1S/C37H35N5O2/c1-36(2)23-43-34(38-36)29-16-14-28(15-17-29)33-22-32(27-12-10-26(11-13-27)25-8-6-5-7-9-25)40-42(41-33)31-20-18-30(19-21-31)35-39-37(3,4)24-44-35/h5-22,41H,23-24H2,1-4H3. The smallest absolute Gasteiger partial charge is 0.216 e. The van der Waals surface area contributed by atoms with E-state index in [1.807, 2.05) is 35.4 Å². The summed E-state index contributed by atoms with van der Waals surface area (Å²) in [7, 11) is 0. The van der Waals surface area contributed by atoms with Crippen molar-refractivity contribution in [2.45, 2.75) is 38.8 Å². The van der Waals surface area contributed by atoms with Gasteiger partial charge in [0.1, 0.15) is 13.2 Å². The molecule has 3 aliphatic rings. The van der Waals surface area contributed by atoms with Gasteiger partial charge in [0.2, 0.25) is 11.8 Å². The Morgan fingerprint density at radius 2 is 1.05 bits per heavy atom. The van der Waals surface area contributed by atoms with Crippen LogP contribution in [-0.2, 0) is 9.47 Å². The Bertz CT molecular complexity index is 1800. The molecule has 44 heavy (non-hydrogen) atoms. The van der Waals surface area contributed by atoms with Gasteiger partial charge in [-0.3, -0.25) is 5.43 Å². The predicted octanol–water partition coefficient (Wildman–Crippen LogP) is 7.23. The van der Waals surface area contributed by atoms with Gasteiger partial charge >= 0.3 is 0 Å². The van der Waals surface area contributed by atoms with Crippen LogP contribution in [0.5, 0.6) is 0 Å². The van der Waals surface area contributed by atoms with Crippen molar-refractivity contribution in [1.82, 2.24) is 5.43 Å². The number of hydrogen-bond acceptors (Lipinski definition) is 7. The lowest BCUT2D eigenvalue weighted by molar-refractivity contribution is 0.279. The Kier molecular flexibility index (Phi) is 6.81. The van der Waals surface area contributed by atoms with Crippen molar-refractivity contribution < 1.29 is 9.47 Å². The molecule has 3 heterocycles. The number of allylic oxidation sites excluding steroid dienone is 1. The highest BCUT2D eigenvalue weighted by Gasteiger charge is 2.28. The number of anilines is 1. The Morgan fingerprint density at radius 3 is 1.59 bits per heavy atom. The van der Waals surface area contributed by atoms with E-state index in [-0.39, 0.29) is 11.1 Å². The fraction of sp³-hybridized carbons (Fsp3) is 0.216. The van der Waals surface area contributed by atoms with E-state index in [9.17, 15) is 0 Å². The summed E-state index contributed by atoms with van der Waals surface area (Å²) >= 11 is 0. The summed E-state index contributed by atoms with van der Waals surface area (Å²) in [6, 6.07) is 35.3. The van der Waals surface area contributed by atoms with E-state index >= 15 is 0 Å². The van der Waals surface area contributed by atoms with Gasteiger partial charge in [0, 0.05) is 16.7 Å². The van der Waals surface area contributed by atoms with Crippen molar-refractivity contribution in [2.24, 2.45) is 15.1 Å². The zero-order valence-electron chi connectivity index (χ0n) is 25.4. The first kappa shape index (κ1) is 27.7. The normalized spacial score (nSPS) is 18.3. The van der Waals surface area contributed by atoms with Crippen LogP contribution in [0.1, 0.15) is 49.9 Å². The second kappa shape index (κ2) is 10.8. The van der Waals surface area contributed by atoms with Crippen LogP contribution in [0.25, 0.3) is 16.8 Å². The Labute approximate surface area is 258 Å². The number of benzene rings is 4. The molecule has 0 atom stereocenters. The second-order valence-electron chi connectivity index (χ2n) is 12.6. The van der Waals surface area contributed by atoms with Gasteiger partial charge in [-0.2, -0.15) is 10.2 Å². The lowest BCUT2D eigenvalue weighted by Crippen LogP contribution is -2.36. The fourth-order valence-electron chi connectivity index (χ4n) is 5.32. The Hall–Kier alpha value is -5.17. The number of hydrazine groups is 1. The third kappa shape index (κ3) is 5.73. The number of hydrazone groups is 1. The molecule has 4 aromatic carbocycles. The van der Waals surface area contributed by atoms with E-state index in [4.69, 9.17) is 24.6 Å². The lowest BCUT2D eigenvalue weighted by atomic mass is 10.0. The van der Waals surface area contributed by atoms with Crippen molar-refractivity contribution in [3.05, 3.63) is 131 Å². The zero-order chi connectivity index (χ0) is 30.3. The highest BCUT2D eigenvalue weighted by atomic mass is 16.5. The summed E-state index contributed by atoms with van der Waals surface area (Å²) in [5.74, 6) is 1.37. The molecule has 0 spiro atoms. The molecule has 0 saturated heterocycles. The van der Waals surface area contributed by atoms with Gasteiger partial charge in [-0.25, -0.2) is 9.98 Å². The maximum atomic E-state index is 5.86. The van der Waals surface area contributed by atoms with Crippen LogP contribution < -0.4 is 10.5 Å². The Balaban J connectivity index is 1.21. The molecule has 1 N–H and O–H groups in total. The summed E-state index contributed by atoms with van der Waals surface area (Å²) in [6.45, 7) is 9.47. The minimum Gasteiger partial charge on any atom is -0.475 e. The third-order valence-electron chi connectivity index (χ3n) is 7.74.